The number of thiocarbonyl (C=S) groups is 1. The van der Waals surface area contributed by atoms with Crippen molar-refractivity contribution in [2.75, 3.05) is 5.32 Å². The number of nitrogens with one attached hydrogen (secondary N) is 1. The molecule has 0 aromatic carbocycles. The summed E-state index contributed by atoms with van der Waals surface area (Å²) in [6.07, 6.45) is 2.50. The van der Waals surface area contributed by atoms with E-state index in [4.69, 9.17) is 18.0 Å². The Morgan fingerprint density at radius 2 is 2.38 bits per heavy atom. The van der Waals surface area contributed by atoms with Crippen molar-refractivity contribution in [1.29, 1.82) is 0 Å². The number of hydrogen-bond acceptors (Lipinski definition) is 4. The van der Waals surface area contributed by atoms with Gasteiger partial charge in [0.25, 0.3) is 0 Å². The van der Waals surface area contributed by atoms with Crippen LogP contribution < -0.4 is 11.1 Å². The van der Waals surface area contributed by atoms with Gasteiger partial charge in [-0.3, -0.25) is 4.79 Å². The van der Waals surface area contributed by atoms with E-state index in [1.54, 1.807) is 0 Å². The smallest absolute Gasteiger partial charge is 0.239 e. The zero-order chi connectivity index (χ0) is 11.8. The molecular weight excluding hydrogens is 242 g/mol. The lowest BCUT2D eigenvalue weighted by Gasteiger charge is -2.38. The number of aromatic nitrogens is 1. The van der Waals surface area contributed by atoms with Gasteiger partial charge in [-0.05, 0) is 19.8 Å². The molecule has 0 radical (unpaired) electrons. The van der Waals surface area contributed by atoms with Crippen LogP contribution in [-0.2, 0) is 4.79 Å². The number of carbonyl (C=O) groups excluding carboxylic acids is 1. The van der Waals surface area contributed by atoms with Gasteiger partial charge in [0, 0.05) is 5.38 Å². The topological polar surface area (TPSA) is 68.0 Å². The summed E-state index contributed by atoms with van der Waals surface area (Å²) in [5.41, 5.74) is 5.92. The van der Waals surface area contributed by atoms with Crippen molar-refractivity contribution in [2.45, 2.75) is 26.2 Å². The predicted molar refractivity (Wildman–Crippen MR) is 68.6 cm³/mol. The lowest BCUT2D eigenvalue weighted by atomic mass is 9.68. The van der Waals surface area contributed by atoms with Crippen LogP contribution in [0.2, 0.25) is 0 Å². The van der Waals surface area contributed by atoms with E-state index in [9.17, 15) is 4.79 Å². The molecule has 0 atom stereocenters. The highest BCUT2D eigenvalue weighted by Gasteiger charge is 2.47. The summed E-state index contributed by atoms with van der Waals surface area (Å²) in [6, 6.07) is 0. The highest BCUT2D eigenvalue weighted by atomic mass is 32.1. The van der Waals surface area contributed by atoms with Crippen LogP contribution in [0.15, 0.2) is 5.38 Å². The normalized spacial score (nSPS) is 17.6. The Hall–Kier alpha value is -1.01. The minimum Gasteiger partial charge on any atom is -0.392 e. The molecule has 86 valence electrons. The monoisotopic (exact) mass is 255 g/mol. The molecule has 6 heteroatoms. The number of aryl methyl sites for hydroxylation is 1. The summed E-state index contributed by atoms with van der Waals surface area (Å²) < 4.78 is 0. The van der Waals surface area contributed by atoms with Gasteiger partial charge in [-0.1, -0.05) is 18.6 Å². The van der Waals surface area contributed by atoms with Gasteiger partial charge >= 0.3 is 0 Å². The fourth-order valence-electron chi connectivity index (χ4n) is 1.74. The lowest BCUT2D eigenvalue weighted by Crippen LogP contribution is -2.50. The number of carbonyl (C=O) groups is 1. The number of rotatable bonds is 3. The second kappa shape index (κ2) is 4.10. The van der Waals surface area contributed by atoms with E-state index in [1.807, 2.05) is 12.3 Å². The van der Waals surface area contributed by atoms with Crippen molar-refractivity contribution in [2.24, 2.45) is 11.1 Å². The molecule has 0 unspecified atom stereocenters. The molecule has 1 amide bonds. The number of thiazole rings is 1. The molecule has 0 spiro atoms. The Bertz CT molecular complexity index is 437. The quantitative estimate of drug-likeness (QED) is 0.809. The number of amides is 1. The molecule has 0 bridgehead atoms. The fraction of sp³-hybridized carbons (Fsp3) is 0.500. The summed E-state index contributed by atoms with van der Waals surface area (Å²) in [5.74, 6) is -0.111. The third kappa shape index (κ3) is 1.82. The van der Waals surface area contributed by atoms with Gasteiger partial charge in [0.2, 0.25) is 5.91 Å². The molecule has 0 saturated heterocycles. The van der Waals surface area contributed by atoms with E-state index in [2.05, 4.69) is 10.3 Å². The molecule has 1 fully saturated rings. The van der Waals surface area contributed by atoms with Gasteiger partial charge < -0.3 is 11.1 Å². The highest BCUT2D eigenvalue weighted by Crippen LogP contribution is 2.42. The van der Waals surface area contributed by atoms with E-state index in [0.717, 1.165) is 25.0 Å². The van der Waals surface area contributed by atoms with Crippen LogP contribution in [0.25, 0.3) is 0 Å². The molecule has 2 rings (SSSR count). The first-order valence-corrected chi connectivity index (χ1v) is 6.37. The van der Waals surface area contributed by atoms with Gasteiger partial charge in [0.15, 0.2) is 5.13 Å². The Morgan fingerprint density at radius 1 is 1.69 bits per heavy atom. The maximum atomic E-state index is 12.1. The van der Waals surface area contributed by atoms with Gasteiger partial charge in [-0.25, -0.2) is 4.98 Å². The van der Waals surface area contributed by atoms with E-state index in [1.165, 1.54) is 11.3 Å². The van der Waals surface area contributed by atoms with E-state index in [-0.39, 0.29) is 5.91 Å². The van der Waals surface area contributed by atoms with Gasteiger partial charge in [-0.15, -0.1) is 11.3 Å². The van der Waals surface area contributed by atoms with Gasteiger partial charge in [0.1, 0.15) is 0 Å². The van der Waals surface area contributed by atoms with Crippen LogP contribution in [0.1, 0.15) is 25.0 Å². The molecule has 4 nitrogen and oxygen atoms in total. The van der Waals surface area contributed by atoms with Crippen LogP contribution in [0, 0.1) is 12.3 Å². The van der Waals surface area contributed by atoms with Gasteiger partial charge in [-0.2, -0.15) is 0 Å². The Balaban J connectivity index is 2.10. The van der Waals surface area contributed by atoms with Gasteiger partial charge in [0.05, 0.1) is 16.1 Å². The van der Waals surface area contributed by atoms with Crippen LogP contribution in [0.4, 0.5) is 5.13 Å². The molecule has 1 heterocycles. The molecule has 1 aliphatic carbocycles. The number of nitrogens with zero attached hydrogens (tertiary/aromatic N) is 1. The number of hydrogen-bond donors (Lipinski definition) is 2. The second-order valence-electron chi connectivity index (χ2n) is 4.05. The molecule has 1 saturated carbocycles. The standard InChI is InChI=1S/C10H13N3OS2/c1-6-5-16-9(12-6)13-8(14)10(7(11)15)3-2-4-10/h5H,2-4H2,1H3,(H2,11,15)(H,12,13,14). The third-order valence-electron chi connectivity index (χ3n) is 2.95. The predicted octanol–water partition coefficient (Wildman–Crippen LogP) is 1.85. The van der Waals surface area contributed by atoms with E-state index in [0.29, 0.717) is 10.1 Å². The first-order chi connectivity index (χ1) is 7.54. The Labute approximate surface area is 103 Å². The molecule has 16 heavy (non-hydrogen) atoms. The largest absolute Gasteiger partial charge is 0.392 e. The summed E-state index contributed by atoms with van der Waals surface area (Å²) >= 11 is 6.39. The zero-order valence-corrected chi connectivity index (χ0v) is 10.6. The SMILES string of the molecule is Cc1csc(NC(=O)C2(C(N)=S)CCC2)n1. The Morgan fingerprint density at radius 3 is 2.75 bits per heavy atom. The molecule has 3 N–H and O–H groups in total. The summed E-state index contributed by atoms with van der Waals surface area (Å²) in [5, 5.41) is 5.30. The average molecular weight is 255 g/mol. The summed E-state index contributed by atoms with van der Waals surface area (Å²) in [7, 11) is 0. The van der Waals surface area contributed by atoms with E-state index >= 15 is 0 Å². The summed E-state index contributed by atoms with van der Waals surface area (Å²) in [4.78, 5) is 16.5. The first kappa shape index (κ1) is 11.5. The summed E-state index contributed by atoms with van der Waals surface area (Å²) in [6.45, 7) is 1.89. The van der Waals surface area contributed by atoms with Crippen molar-refractivity contribution in [3.8, 4) is 0 Å². The van der Waals surface area contributed by atoms with Crippen molar-refractivity contribution in [1.82, 2.24) is 4.98 Å². The fourth-order valence-corrected chi connectivity index (χ4v) is 2.72. The van der Waals surface area contributed by atoms with Crippen molar-refractivity contribution >= 4 is 39.6 Å². The van der Waals surface area contributed by atoms with Crippen molar-refractivity contribution in [3.63, 3.8) is 0 Å². The lowest BCUT2D eigenvalue weighted by molar-refractivity contribution is -0.125. The molecule has 1 aromatic heterocycles. The number of anilines is 1. The maximum absolute atomic E-state index is 12.1. The maximum Gasteiger partial charge on any atom is 0.239 e. The third-order valence-corrected chi connectivity index (χ3v) is 4.22. The minimum atomic E-state index is -0.630. The van der Waals surface area contributed by atoms with Crippen LogP contribution in [0.5, 0.6) is 0 Å². The van der Waals surface area contributed by atoms with Crippen LogP contribution in [-0.4, -0.2) is 15.9 Å². The van der Waals surface area contributed by atoms with Crippen molar-refractivity contribution < 1.29 is 4.79 Å². The first-order valence-electron chi connectivity index (χ1n) is 5.08. The highest BCUT2D eigenvalue weighted by molar-refractivity contribution is 7.80. The van der Waals surface area contributed by atoms with Crippen molar-refractivity contribution in [3.05, 3.63) is 11.1 Å². The number of nitrogens with two attached hydrogens (primary N) is 1. The van der Waals surface area contributed by atoms with E-state index < -0.39 is 5.41 Å². The second-order valence-corrected chi connectivity index (χ2v) is 5.35. The molecule has 1 aliphatic rings. The molecule has 0 aliphatic heterocycles. The van der Waals surface area contributed by atoms with Crippen LogP contribution in [0.3, 0.4) is 0 Å². The zero-order valence-electron chi connectivity index (χ0n) is 8.95. The minimum absolute atomic E-state index is 0.111. The molecular formula is C10H13N3OS2. The van der Waals surface area contributed by atoms with Crippen LogP contribution >= 0.6 is 23.6 Å². The Kier molecular flexibility index (Phi) is 2.94. The molecule has 1 aromatic rings. The average Bonchev–Trinajstić information content (AvgIpc) is 2.47.